The smallest absolute Gasteiger partial charge is 0.364 e. The molecule has 0 aliphatic heterocycles. The molecule has 3 rings (SSSR count). The van der Waals surface area contributed by atoms with Crippen LogP contribution in [-0.4, -0.2) is 31.4 Å². The number of amides is 2. The Kier molecular flexibility index (Phi) is 5.67. The second kappa shape index (κ2) is 7.88. The van der Waals surface area contributed by atoms with E-state index in [4.69, 9.17) is 5.73 Å². The van der Waals surface area contributed by atoms with Crippen LogP contribution < -0.4 is 11.1 Å². The molecule has 158 valence electrons. The summed E-state index contributed by atoms with van der Waals surface area (Å²) in [4.78, 5) is 24.4. The molecule has 2 aromatic rings. The highest BCUT2D eigenvalue weighted by Crippen LogP contribution is 2.35. The molecule has 0 bridgehead atoms. The number of alkyl halides is 3. The summed E-state index contributed by atoms with van der Waals surface area (Å²) in [5.41, 5.74) is 5.82. The van der Waals surface area contributed by atoms with Crippen LogP contribution in [-0.2, 0) is 43.8 Å². The zero-order valence-electron chi connectivity index (χ0n) is 16.3. The standard InChI is InChI=1S/C18H23F3N6O2/c1-3-6-11-14(15(17(22)29)26(2)24-11)23-13(28)9-27-12-8-5-4-7-10(12)16(25-27)18(19,20)21/h3-9H2,1-2H3,(H2,22,29)(H,23,28). The zero-order valence-corrected chi connectivity index (χ0v) is 16.3. The molecule has 2 heterocycles. The van der Waals surface area contributed by atoms with Gasteiger partial charge in [0.05, 0.1) is 11.4 Å². The first-order valence-corrected chi connectivity index (χ1v) is 9.44. The summed E-state index contributed by atoms with van der Waals surface area (Å²) in [5, 5.41) is 10.5. The molecule has 8 nitrogen and oxygen atoms in total. The van der Waals surface area contributed by atoms with Crippen molar-refractivity contribution >= 4 is 17.5 Å². The number of aryl methyl sites for hydroxylation is 2. The first-order valence-electron chi connectivity index (χ1n) is 9.44. The molecule has 3 N–H and O–H groups in total. The Labute approximate surface area is 165 Å². The van der Waals surface area contributed by atoms with Gasteiger partial charge in [0, 0.05) is 18.3 Å². The number of carbonyl (C=O) groups excluding carboxylic acids is 2. The number of nitrogens with zero attached hydrogens (tertiary/aromatic N) is 4. The van der Waals surface area contributed by atoms with Crippen molar-refractivity contribution in [1.82, 2.24) is 19.6 Å². The van der Waals surface area contributed by atoms with Crippen molar-refractivity contribution in [1.29, 1.82) is 0 Å². The van der Waals surface area contributed by atoms with Crippen LogP contribution in [0.1, 0.15) is 59.3 Å². The third-order valence-electron chi connectivity index (χ3n) is 4.92. The molecule has 0 fully saturated rings. The molecule has 29 heavy (non-hydrogen) atoms. The number of primary amides is 1. The Morgan fingerprint density at radius 3 is 2.52 bits per heavy atom. The topological polar surface area (TPSA) is 108 Å². The highest BCUT2D eigenvalue weighted by molar-refractivity contribution is 6.02. The van der Waals surface area contributed by atoms with Crippen LogP contribution in [0.2, 0.25) is 0 Å². The maximum atomic E-state index is 13.3. The van der Waals surface area contributed by atoms with Crippen LogP contribution >= 0.6 is 0 Å². The highest BCUT2D eigenvalue weighted by atomic mass is 19.4. The molecule has 0 unspecified atom stereocenters. The number of anilines is 1. The number of rotatable bonds is 6. The average Bonchev–Trinajstić information content (AvgIpc) is 3.13. The van der Waals surface area contributed by atoms with Gasteiger partial charge in [0.25, 0.3) is 5.91 Å². The Morgan fingerprint density at radius 1 is 1.21 bits per heavy atom. The van der Waals surface area contributed by atoms with Gasteiger partial charge < -0.3 is 11.1 Å². The van der Waals surface area contributed by atoms with Gasteiger partial charge in [-0.2, -0.15) is 23.4 Å². The molecule has 0 saturated heterocycles. The molecular formula is C18H23F3N6O2. The summed E-state index contributed by atoms with van der Waals surface area (Å²) >= 11 is 0. The van der Waals surface area contributed by atoms with Gasteiger partial charge in [-0.1, -0.05) is 13.3 Å². The van der Waals surface area contributed by atoms with E-state index < -0.39 is 30.2 Å². The third-order valence-corrected chi connectivity index (χ3v) is 4.92. The SMILES string of the molecule is CCCc1nn(C)c(C(N)=O)c1NC(=O)Cn1nc(C(F)(F)F)c2c1CCCC2. The fourth-order valence-electron chi connectivity index (χ4n) is 3.75. The molecule has 2 amide bonds. The molecule has 2 aromatic heterocycles. The van der Waals surface area contributed by atoms with E-state index in [1.165, 1.54) is 11.7 Å². The molecule has 0 radical (unpaired) electrons. The molecule has 0 spiro atoms. The molecule has 1 aliphatic carbocycles. The number of aromatic nitrogens is 4. The van der Waals surface area contributed by atoms with Crippen LogP contribution in [0.4, 0.5) is 18.9 Å². The van der Waals surface area contributed by atoms with Crippen molar-refractivity contribution in [3.05, 3.63) is 28.3 Å². The van der Waals surface area contributed by atoms with Crippen LogP contribution in [0.5, 0.6) is 0 Å². The van der Waals surface area contributed by atoms with E-state index >= 15 is 0 Å². The molecule has 11 heteroatoms. The molecule has 0 aromatic carbocycles. The lowest BCUT2D eigenvalue weighted by molar-refractivity contribution is -0.142. The lowest BCUT2D eigenvalue weighted by atomic mass is 9.95. The first kappa shape index (κ1) is 20.9. The number of nitrogens with two attached hydrogens (primary N) is 1. The van der Waals surface area contributed by atoms with Gasteiger partial charge in [-0.25, -0.2) is 0 Å². The number of halogens is 3. The van der Waals surface area contributed by atoms with E-state index in [0.29, 0.717) is 37.1 Å². The summed E-state index contributed by atoms with van der Waals surface area (Å²) < 4.78 is 42.4. The minimum atomic E-state index is -4.57. The van der Waals surface area contributed by atoms with E-state index in [9.17, 15) is 22.8 Å². The lowest BCUT2D eigenvalue weighted by Gasteiger charge is -2.15. The number of hydrogen-bond donors (Lipinski definition) is 2. The van der Waals surface area contributed by atoms with E-state index in [0.717, 1.165) is 17.5 Å². The van der Waals surface area contributed by atoms with Crippen LogP contribution in [0.25, 0.3) is 0 Å². The summed E-state index contributed by atoms with van der Waals surface area (Å²) in [7, 11) is 1.54. The van der Waals surface area contributed by atoms with Gasteiger partial charge >= 0.3 is 6.18 Å². The summed E-state index contributed by atoms with van der Waals surface area (Å²) in [6.45, 7) is 1.52. The summed E-state index contributed by atoms with van der Waals surface area (Å²) in [6, 6.07) is 0. The van der Waals surface area contributed by atoms with E-state index in [2.05, 4.69) is 15.5 Å². The Bertz CT molecular complexity index is 945. The second-order valence-corrected chi connectivity index (χ2v) is 7.09. The molecule has 0 saturated carbocycles. The highest BCUT2D eigenvalue weighted by Gasteiger charge is 2.39. The van der Waals surface area contributed by atoms with Gasteiger partial charge in [-0.3, -0.25) is 19.0 Å². The maximum absolute atomic E-state index is 13.3. The summed E-state index contributed by atoms with van der Waals surface area (Å²) in [6.07, 6.45) is -1.21. The fourth-order valence-corrected chi connectivity index (χ4v) is 3.75. The average molecular weight is 412 g/mol. The van der Waals surface area contributed by atoms with Crippen molar-refractivity contribution in [3.8, 4) is 0 Å². The monoisotopic (exact) mass is 412 g/mol. The third kappa shape index (κ3) is 4.13. The van der Waals surface area contributed by atoms with Gasteiger partial charge in [0.15, 0.2) is 5.69 Å². The Morgan fingerprint density at radius 2 is 1.90 bits per heavy atom. The minimum Gasteiger partial charge on any atom is -0.364 e. The predicted octanol–water partition coefficient (Wildman–Crippen LogP) is 2.20. The van der Waals surface area contributed by atoms with Crippen LogP contribution in [0.15, 0.2) is 0 Å². The largest absolute Gasteiger partial charge is 0.435 e. The fraction of sp³-hybridized carbons (Fsp3) is 0.556. The minimum absolute atomic E-state index is 0.0419. The van der Waals surface area contributed by atoms with Crippen molar-refractivity contribution in [3.63, 3.8) is 0 Å². The summed E-state index contributed by atoms with van der Waals surface area (Å²) in [5.74, 6) is -1.35. The zero-order chi connectivity index (χ0) is 21.3. The normalized spacial score (nSPS) is 14.0. The van der Waals surface area contributed by atoms with Crippen molar-refractivity contribution < 1.29 is 22.8 Å². The van der Waals surface area contributed by atoms with E-state index in [-0.39, 0.29) is 16.9 Å². The predicted molar refractivity (Wildman–Crippen MR) is 98.2 cm³/mol. The number of nitrogens with one attached hydrogen (secondary N) is 1. The molecular weight excluding hydrogens is 389 g/mol. The first-order chi connectivity index (χ1) is 13.6. The van der Waals surface area contributed by atoms with E-state index in [1.54, 1.807) is 0 Å². The number of hydrogen-bond acceptors (Lipinski definition) is 4. The van der Waals surface area contributed by atoms with Gasteiger partial charge in [-0.05, 0) is 32.1 Å². The molecule has 0 atom stereocenters. The second-order valence-electron chi connectivity index (χ2n) is 7.09. The van der Waals surface area contributed by atoms with Crippen molar-refractivity contribution in [2.24, 2.45) is 12.8 Å². The Balaban J connectivity index is 1.89. The number of carbonyl (C=O) groups is 2. The van der Waals surface area contributed by atoms with Gasteiger partial charge in [0.2, 0.25) is 5.91 Å². The molecule has 1 aliphatic rings. The van der Waals surface area contributed by atoms with Crippen molar-refractivity contribution in [2.75, 3.05) is 5.32 Å². The van der Waals surface area contributed by atoms with Gasteiger partial charge in [0.1, 0.15) is 12.2 Å². The quantitative estimate of drug-likeness (QED) is 0.758. The van der Waals surface area contributed by atoms with Crippen molar-refractivity contribution in [2.45, 2.75) is 58.2 Å². The Hall–Kier alpha value is -2.85. The van der Waals surface area contributed by atoms with E-state index in [1.807, 2.05) is 6.92 Å². The maximum Gasteiger partial charge on any atom is 0.435 e. The number of fused-ring (bicyclic) bond motifs is 1. The van der Waals surface area contributed by atoms with Crippen LogP contribution in [0.3, 0.4) is 0 Å². The lowest BCUT2D eigenvalue weighted by Crippen LogP contribution is -2.24. The van der Waals surface area contributed by atoms with Gasteiger partial charge in [-0.15, -0.1) is 0 Å². The van der Waals surface area contributed by atoms with Crippen LogP contribution in [0, 0.1) is 0 Å².